The molecule has 0 aromatic heterocycles. The number of hydrogen-bond acceptors (Lipinski definition) is 2. The number of para-hydroxylation sites is 1. The van der Waals surface area contributed by atoms with Crippen molar-refractivity contribution in [2.75, 3.05) is 18.0 Å². The van der Waals surface area contributed by atoms with Gasteiger partial charge in [0.05, 0.1) is 5.69 Å². The third-order valence-electron chi connectivity index (χ3n) is 3.55. The smallest absolute Gasteiger partial charge is 0.146 e. The molecule has 2 rings (SSSR count). The fourth-order valence-electron chi connectivity index (χ4n) is 2.33. The van der Waals surface area contributed by atoms with Crippen LogP contribution in [0.5, 0.6) is 0 Å². The van der Waals surface area contributed by atoms with Crippen molar-refractivity contribution in [2.45, 2.75) is 26.9 Å². The molecule has 0 bridgehead atoms. The zero-order chi connectivity index (χ0) is 15.1. The number of halogens is 1. The molecule has 0 fully saturated rings. The molecule has 0 atom stereocenters. The van der Waals surface area contributed by atoms with Gasteiger partial charge in [0.25, 0.3) is 0 Å². The van der Waals surface area contributed by atoms with E-state index in [4.69, 9.17) is 0 Å². The van der Waals surface area contributed by atoms with E-state index >= 15 is 0 Å². The summed E-state index contributed by atoms with van der Waals surface area (Å²) in [4.78, 5) is 2.05. The van der Waals surface area contributed by atoms with Gasteiger partial charge in [-0.3, -0.25) is 0 Å². The predicted molar refractivity (Wildman–Crippen MR) is 86.9 cm³/mol. The molecule has 0 saturated carbocycles. The first-order valence-corrected chi connectivity index (χ1v) is 7.52. The largest absolute Gasteiger partial charge is 0.365 e. The lowest BCUT2D eigenvalue weighted by molar-refractivity contribution is 0.618. The molecule has 0 spiro atoms. The number of benzene rings is 2. The lowest BCUT2D eigenvalue weighted by Crippen LogP contribution is -2.23. The van der Waals surface area contributed by atoms with Crippen LogP contribution in [-0.4, -0.2) is 13.1 Å². The third kappa shape index (κ3) is 4.30. The maximum Gasteiger partial charge on any atom is 0.146 e. The average Bonchev–Trinajstić information content (AvgIpc) is 2.52. The Kier molecular flexibility index (Phi) is 5.76. The molecular formula is C18H23FN2. The van der Waals surface area contributed by atoms with Crippen LogP contribution < -0.4 is 10.2 Å². The van der Waals surface area contributed by atoms with Crippen LogP contribution in [0, 0.1) is 5.82 Å². The Balaban J connectivity index is 2.07. The topological polar surface area (TPSA) is 15.3 Å². The summed E-state index contributed by atoms with van der Waals surface area (Å²) in [5.74, 6) is -0.164. The maximum atomic E-state index is 13.9. The Morgan fingerprint density at radius 3 is 2.24 bits per heavy atom. The van der Waals surface area contributed by atoms with Crippen molar-refractivity contribution in [1.82, 2.24) is 5.32 Å². The summed E-state index contributed by atoms with van der Waals surface area (Å²) in [7, 11) is 0. The summed E-state index contributed by atoms with van der Waals surface area (Å²) >= 11 is 0. The Labute approximate surface area is 126 Å². The van der Waals surface area contributed by atoms with E-state index in [0.717, 1.165) is 26.2 Å². The fraction of sp³-hybridized carbons (Fsp3) is 0.333. The SMILES string of the molecule is CCNCc1ccc(CN(CC)c2ccccc2F)cc1. The van der Waals surface area contributed by atoms with Crippen LogP contribution >= 0.6 is 0 Å². The van der Waals surface area contributed by atoms with Gasteiger partial charge in [0.2, 0.25) is 0 Å². The van der Waals surface area contributed by atoms with Crippen LogP contribution in [0.2, 0.25) is 0 Å². The molecule has 0 aliphatic carbocycles. The second-order valence-corrected chi connectivity index (χ2v) is 5.06. The summed E-state index contributed by atoms with van der Waals surface area (Å²) in [6, 6.07) is 15.4. The van der Waals surface area contributed by atoms with Gasteiger partial charge in [-0.25, -0.2) is 4.39 Å². The first-order valence-electron chi connectivity index (χ1n) is 7.52. The molecule has 2 aromatic carbocycles. The summed E-state index contributed by atoms with van der Waals surface area (Å²) in [5.41, 5.74) is 3.13. The highest BCUT2D eigenvalue weighted by molar-refractivity contribution is 5.48. The Morgan fingerprint density at radius 1 is 0.952 bits per heavy atom. The Hall–Kier alpha value is -1.87. The van der Waals surface area contributed by atoms with Crippen molar-refractivity contribution in [3.8, 4) is 0 Å². The van der Waals surface area contributed by atoms with E-state index in [2.05, 4.69) is 41.4 Å². The van der Waals surface area contributed by atoms with Crippen molar-refractivity contribution in [3.05, 3.63) is 65.5 Å². The Bertz CT molecular complexity index is 551. The molecule has 0 aliphatic heterocycles. The van der Waals surface area contributed by atoms with Gasteiger partial charge in [0, 0.05) is 19.6 Å². The van der Waals surface area contributed by atoms with Crippen LogP contribution in [-0.2, 0) is 13.1 Å². The zero-order valence-electron chi connectivity index (χ0n) is 12.8. The summed E-state index contributed by atoms with van der Waals surface area (Å²) in [6.45, 7) is 7.51. The first kappa shape index (κ1) is 15.5. The van der Waals surface area contributed by atoms with Crippen molar-refractivity contribution in [2.24, 2.45) is 0 Å². The summed E-state index contributed by atoms with van der Waals surface area (Å²) in [5, 5.41) is 3.31. The number of nitrogens with zero attached hydrogens (tertiary/aromatic N) is 1. The van der Waals surface area contributed by atoms with Gasteiger partial charge < -0.3 is 10.2 Å². The van der Waals surface area contributed by atoms with E-state index in [-0.39, 0.29) is 5.82 Å². The van der Waals surface area contributed by atoms with Crippen LogP contribution in [0.25, 0.3) is 0 Å². The van der Waals surface area contributed by atoms with Crippen molar-refractivity contribution in [1.29, 1.82) is 0 Å². The minimum absolute atomic E-state index is 0.164. The lowest BCUT2D eigenvalue weighted by atomic mass is 10.1. The Morgan fingerprint density at radius 2 is 1.62 bits per heavy atom. The van der Waals surface area contributed by atoms with Crippen LogP contribution in [0.4, 0.5) is 10.1 Å². The molecule has 0 unspecified atom stereocenters. The molecule has 2 aromatic rings. The summed E-state index contributed by atoms with van der Waals surface area (Å²) in [6.07, 6.45) is 0. The molecule has 0 radical (unpaired) electrons. The monoisotopic (exact) mass is 286 g/mol. The van der Waals surface area contributed by atoms with Crippen molar-refractivity contribution >= 4 is 5.69 Å². The van der Waals surface area contributed by atoms with Gasteiger partial charge in [-0.05, 0) is 36.7 Å². The minimum atomic E-state index is -0.164. The molecule has 3 heteroatoms. The quantitative estimate of drug-likeness (QED) is 0.828. The van der Waals surface area contributed by atoms with E-state index in [1.54, 1.807) is 6.07 Å². The standard InChI is InChI=1S/C18H23FN2/c1-3-20-13-15-9-11-16(12-10-15)14-21(4-2)18-8-6-5-7-17(18)19/h5-12,20H,3-4,13-14H2,1-2H3. The fourth-order valence-corrected chi connectivity index (χ4v) is 2.33. The van der Waals surface area contributed by atoms with Gasteiger partial charge in [-0.15, -0.1) is 0 Å². The van der Waals surface area contributed by atoms with Gasteiger partial charge >= 0.3 is 0 Å². The van der Waals surface area contributed by atoms with Crippen molar-refractivity contribution in [3.63, 3.8) is 0 Å². The van der Waals surface area contributed by atoms with Gasteiger partial charge in [0.15, 0.2) is 0 Å². The van der Waals surface area contributed by atoms with Gasteiger partial charge in [-0.1, -0.05) is 43.3 Å². The van der Waals surface area contributed by atoms with Crippen LogP contribution in [0.1, 0.15) is 25.0 Å². The number of nitrogens with one attached hydrogen (secondary N) is 1. The van der Waals surface area contributed by atoms with Crippen LogP contribution in [0.3, 0.4) is 0 Å². The highest BCUT2D eigenvalue weighted by atomic mass is 19.1. The molecule has 0 heterocycles. The number of hydrogen-bond donors (Lipinski definition) is 1. The molecule has 0 aliphatic rings. The normalized spacial score (nSPS) is 10.6. The van der Waals surface area contributed by atoms with Gasteiger partial charge in [0.1, 0.15) is 5.82 Å². The second-order valence-electron chi connectivity index (χ2n) is 5.06. The lowest BCUT2D eigenvalue weighted by Gasteiger charge is -2.23. The van der Waals surface area contributed by atoms with E-state index in [9.17, 15) is 4.39 Å². The molecule has 0 amide bonds. The number of rotatable bonds is 7. The average molecular weight is 286 g/mol. The molecule has 112 valence electrons. The third-order valence-corrected chi connectivity index (χ3v) is 3.55. The highest BCUT2D eigenvalue weighted by Crippen LogP contribution is 2.20. The predicted octanol–water partition coefficient (Wildman–Crippen LogP) is 3.96. The highest BCUT2D eigenvalue weighted by Gasteiger charge is 2.09. The van der Waals surface area contributed by atoms with Crippen molar-refractivity contribution < 1.29 is 4.39 Å². The molecule has 0 saturated heterocycles. The zero-order valence-corrected chi connectivity index (χ0v) is 12.8. The molecule has 1 N–H and O–H groups in total. The first-order chi connectivity index (χ1) is 10.2. The van der Waals surface area contributed by atoms with E-state index in [0.29, 0.717) is 5.69 Å². The van der Waals surface area contributed by atoms with E-state index in [1.807, 2.05) is 19.1 Å². The molecule has 21 heavy (non-hydrogen) atoms. The minimum Gasteiger partial charge on any atom is -0.365 e. The van der Waals surface area contributed by atoms with Crippen LogP contribution in [0.15, 0.2) is 48.5 Å². The van der Waals surface area contributed by atoms with Gasteiger partial charge in [-0.2, -0.15) is 0 Å². The molecular weight excluding hydrogens is 263 g/mol. The number of anilines is 1. The molecule has 2 nitrogen and oxygen atoms in total. The second kappa shape index (κ2) is 7.79. The maximum absolute atomic E-state index is 13.9. The van der Waals surface area contributed by atoms with E-state index in [1.165, 1.54) is 17.2 Å². The summed E-state index contributed by atoms with van der Waals surface area (Å²) < 4.78 is 13.9. The van der Waals surface area contributed by atoms with E-state index < -0.39 is 0 Å².